The first-order chi connectivity index (χ1) is 9.66. The van der Waals surface area contributed by atoms with Crippen LogP contribution in [0.25, 0.3) is 0 Å². The predicted molar refractivity (Wildman–Crippen MR) is 85.8 cm³/mol. The third-order valence-corrected chi connectivity index (χ3v) is 2.77. The highest BCUT2D eigenvalue weighted by atomic mass is 17.1. The van der Waals surface area contributed by atoms with Crippen LogP contribution in [0.5, 0.6) is 0 Å². The minimum Gasteiger partial charge on any atom is -0.251 e. The minimum atomic E-state index is -0.244. The van der Waals surface area contributed by atoms with Crippen LogP contribution < -0.4 is 0 Å². The van der Waals surface area contributed by atoms with Crippen LogP contribution in [0.4, 0.5) is 0 Å². The summed E-state index contributed by atoms with van der Waals surface area (Å²) >= 11 is 0. The Balaban J connectivity index is 0.000000377. The van der Waals surface area contributed by atoms with Gasteiger partial charge in [0, 0.05) is 0 Å². The van der Waals surface area contributed by atoms with E-state index in [4.69, 9.17) is 5.26 Å². The normalized spacial score (nSPS) is 10.5. The monoisotopic (exact) mass is 274 g/mol. The molecule has 0 amide bonds. The molecule has 2 heteroatoms. The molecule has 0 aliphatic heterocycles. The van der Waals surface area contributed by atoms with E-state index in [1.807, 2.05) is 89.2 Å². The van der Waals surface area contributed by atoms with Crippen LogP contribution in [-0.4, -0.2) is 5.26 Å². The molecule has 20 heavy (non-hydrogen) atoms. The summed E-state index contributed by atoms with van der Waals surface area (Å²) in [6.07, 6.45) is -0.244. The van der Waals surface area contributed by atoms with Gasteiger partial charge in [0.1, 0.15) is 6.10 Å². The average molecular weight is 274 g/mol. The Morgan fingerprint density at radius 2 is 1.15 bits per heavy atom. The van der Waals surface area contributed by atoms with Crippen LogP contribution >= 0.6 is 0 Å². The van der Waals surface area contributed by atoms with E-state index in [0.29, 0.717) is 0 Å². The van der Waals surface area contributed by atoms with Crippen LogP contribution in [0.1, 0.15) is 43.6 Å². The van der Waals surface area contributed by atoms with Gasteiger partial charge in [-0.05, 0) is 37.5 Å². The van der Waals surface area contributed by atoms with Crippen molar-refractivity contribution in [1.82, 2.24) is 0 Å². The van der Waals surface area contributed by atoms with Crippen molar-refractivity contribution in [3.63, 3.8) is 0 Å². The van der Waals surface area contributed by atoms with Crippen molar-refractivity contribution in [3.05, 3.63) is 71.3 Å². The van der Waals surface area contributed by atoms with Crippen molar-refractivity contribution in [3.8, 4) is 0 Å². The first kappa shape index (κ1) is 18.4. The lowest BCUT2D eigenvalue weighted by molar-refractivity contribution is -0.277. The third-order valence-electron chi connectivity index (χ3n) is 2.77. The first-order valence-corrected chi connectivity index (χ1v) is 7.03. The van der Waals surface area contributed by atoms with Crippen molar-refractivity contribution in [2.45, 2.75) is 40.7 Å². The lowest BCUT2D eigenvalue weighted by Crippen LogP contribution is -2.01. The number of hydrogen-bond acceptors (Lipinski definition) is 2. The molecule has 2 rings (SSSR count). The van der Waals surface area contributed by atoms with Crippen LogP contribution in [-0.2, 0) is 4.89 Å². The molecule has 2 nitrogen and oxygen atoms in total. The molecule has 0 fully saturated rings. The van der Waals surface area contributed by atoms with E-state index in [-0.39, 0.29) is 6.10 Å². The molecule has 1 unspecified atom stereocenters. The van der Waals surface area contributed by atoms with Gasteiger partial charge in [-0.1, -0.05) is 68.4 Å². The summed E-state index contributed by atoms with van der Waals surface area (Å²) in [5.74, 6) is 0. The third kappa shape index (κ3) is 6.50. The lowest BCUT2D eigenvalue weighted by atomic mass is 9.99. The second-order valence-electron chi connectivity index (χ2n) is 4.21. The predicted octanol–water partition coefficient (Wildman–Crippen LogP) is 5.57. The first-order valence-electron chi connectivity index (χ1n) is 7.03. The number of rotatable bonds is 2. The van der Waals surface area contributed by atoms with Gasteiger partial charge in [-0.15, -0.1) is 0 Å². The van der Waals surface area contributed by atoms with E-state index in [0.717, 1.165) is 16.7 Å². The van der Waals surface area contributed by atoms with Gasteiger partial charge in [0.05, 0.1) is 0 Å². The van der Waals surface area contributed by atoms with Crippen molar-refractivity contribution < 1.29 is 10.1 Å². The zero-order chi connectivity index (χ0) is 15.4. The Hall–Kier alpha value is -1.64. The molecule has 0 spiro atoms. The maximum Gasteiger partial charge on any atom is 0.115 e. The highest BCUT2D eigenvalue weighted by molar-refractivity contribution is 5.34. The largest absolute Gasteiger partial charge is 0.251 e. The average Bonchev–Trinajstić information content (AvgIpc) is 2.51. The number of aryl methyl sites for hydroxylation is 2. The van der Waals surface area contributed by atoms with Gasteiger partial charge >= 0.3 is 0 Å². The highest BCUT2D eigenvalue weighted by Crippen LogP contribution is 2.23. The Morgan fingerprint density at radius 3 is 1.45 bits per heavy atom. The van der Waals surface area contributed by atoms with Crippen molar-refractivity contribution >= 4 is 0 Å². The van der Waals surface area contributed by atoms with E-state index >= 15 is 0 Å². The molecule has 110 valence electrons. The maximum atomic E-state index is 8.54. The molecular weight excluding hydrogens is 248 g/mol. The van der Waals surface area contributed by atoms with Crippen molar-refractivity contribution in [1.29, 1.82) is 0 Å². The van der Waals surface area contributed by atoms with Gasteiger partial charge in [0.2, 0.25) is 0 Å². The van der Waals surface area contributed by atoms with E-state index in [1.165, 1.54) is 0 Å². The Bertz CT molecular complexity index is 405. The van der Waals surface area contributed by atoms with Crippen molar-refractivity contribution in [2.24, 2.45) is 0 Å². The Morgan fingerprint density at radius 1 is 0.800 bits per heavy atom. The van der Waals surface area contributed by atoms with Gasteiger partial charge in [-0.25, -0.2) is 4.89 Å². The molecule has 0 aliphatic carbocycles. The fourth-order valence-electron chi connectivity index (χ4n) is 1.91. The lowest BCUT2D eigenvalue weighted by Gasteiger charge is -2.13. The standard InChI is InChI=1S/C10H14O2.C6H6.C2H6/c1-7-5-4-6-8(2)10(7)9(3)12-11;1-2-4-6-5-3-1;1-2/h4-6,9,11H,1-3H3;1-6H;1-2H3. The van der Waals surface area contributed by atoms with Crippen molar-refractivity contribution in [2.75, 3.05) is 0 Å². The molecular formula is C18H26O2. The Labute approximate surface area is 123 Å². The maximum absolute atomic E-state index is 8.54. The van der Waals surface area contributed by atoms with Crippen LogP contribution in [0.15, 0.2) is 54.6 Å². The van der Waals surface area contributed by atoms with E-state index < -0.39 is 0 Å². The van der Waals surface area contributed by atoms with Crippen LogP contribution in [0, 0.1) is 13.8 Å². The SMILES string of the molecule is CC.Cc1cccc(C)c1C(C)OO.c1ccccc1. The number of hydrogen-bond donors (Lipinski definition) is 1. The smallest absolute Gasteiger partial charge is 0.115 e. The zero-order valence-electron chi connectivity index (χ0n) is 13.1. The molecule has 0 aliphatic rings. The fourth-order valence-corrected chi connectivity index (χ4v) is 1.91. The minimum absolute atomic E-state index is 0.244. The molecule has 0 radical (unpaired) electrons. The molecule has 2 aromatic rings. The summed E-state index contributed by atoms with van der Waals surface area (Å²) in [5, 5.41) is 8.54. The zero-order valence-corrected chi connectivity index (χ0v) is 13.1. The summed E-state index contributed by atoms with van der Waals surface area (Å²) in [5.41, 5.74) is 3.37. The van der Waals surface area contributed by atoms with Gasteiger partial charge in [-0.3, -0.25) is 5.26 Å². The molecule has 2 aromatic carbocycles. The van der Waals surface area contributed by atoms with Gasteiger partial charge in [-0.2, -0.15) is 0 Å². The summed E-state index contributed by atoms with van der Waals surface area (Å²) < 4.78 is 0. The van der Waals surface area contributed by atoms with Gasteiger partial charge in [0.25, 0.3) is 0 Å². The second-order valence-corrected chi connectivity index (χ2v) is 4.21. The summed E-state index contributed by atoms with van der Waals surface area (Å²) in [6.45, 7) is 9.85. The fraction of sp³-hybridized carbons (Fsp3) is 0.333. The molecule has 0 saturated heterocycles. The van der Waals surface area contributed by atoms with E-state index in [1.54, 1.807) is 0 Å². The summed E-state index contributed by atoms with van der Waals surface area (Å²) in [4.78, 5) is 4.30. The van der Waals surface area contributed by atoms with Gasteiger partial charge < -0.3 is 0 Å². The summed E-state index contributed by atoms with van der Waals surface area (Å²) in [6, 6.07) is 18.0. The van der Waals surface area contributed by atoms with Gasteiger partial charge in [0.15, 0.2) is 0 Å². The summed E-state index contributed by atoms with van der Waals surface area (Å²) in [7, 11) is 0. The molecule has 0 heterocycles. The second kappa shape index (κ2) is 11.2. The van der Waals surface area contributed by atoms with E-state index in [2.05, 4.69) is 4.89 Å². The Kier molecular flexibility index (Phi) is 10.3. The number of benzene rings is 2. The quantitative estimate of drug-likeness (QED) is 0.573. The van der Waals surface area contributed by atoms with E-state index in [9.17, 15) is 0 Å². The van der Waals surface area contributed by atoms with Crippen LogP contribution in [0.2, 0.25) is 0 Å². The molecule has 0 aromatic heterocycles. The molecule has 0 bridgehead atoms. The molecule has 1 N–H and O–H groups in total. The highest BCUT2D eigenvalue weighted by Gasteiger charge is 2.10. The topological polar surface area (TPSA) is 29.5 Å². The molecule has 1 atom stereocenters. The molecule has 0 saturated carbocycles. The van der Waals surface area contributed by atoms with Crippen LogP contribution in [0.3, 0.4) is 0 Å².